The molecule has 0 aliphatic rings. The number of benzene rings is 1. The van der Waals surface area contributed by atoms with Crippen molar-refractivity contribution >= 4 is 5.96 Å². The Morgan fingerprint density at radius 1 is 1.18 bits per heavy atom. The molecule has 9 heteroatoms. The minimum absolute atomic E-state index is 0.00869. The smallest absolute Gasteiger partial charge is 0.387 e. The molecule has 0 fully saturated rings. The monoisotopic (exact) mass is 396 g/mol. The first-order chi connectivity index (χ1) is 13.4. The van der Waals surface area contributed by atoms with Gasteiger partial charge in [-0.25, -0.2) is 0 Å². The lowest BCUT2D eigenvalue weighted by Crippen LogP contribution is -2.36. The maximum absolute atomic E-state index is 12.5. The maximum Gasteiger partial charge on any atom is 0.387 e. The lowest BCUT2D eigenvalue weighted by molar-refractivity contribution is -0.0514. The number of rotatable bonds is 9. The van der Waals surface area contributed by atoms with Crippen molar-refractivity contribution < 1.29 is 22.8 Å². The average molecular weight is 396 g/mol. The van der Waals surface area contributed by atoms with Crippen molar-refractivity contribution in [1.29, 1.82) is 0 Å². The van der Waals surface area contributed by atoms with E-state index in [1.165, 1.54) is 6.07 Å². The van der Waals surface area contributed by atoms with E-state index in [0.717, 1.165) is 11.3 Å². The summed E-state index contributed by atoms with van der Waals surface area (Å²) in [5.74, 6) is 1.85. The first-order valence-electron chi connectivity index (χ1n) is 9.03. The summed E-state index contributed by atoms with van der Waals surface area (Å²) >= 11 is 0. The van der Waals surface area contributed by atoms with Crippen LogP contribution in [0.4, 0.5) is 8.78 Å². The van der Waals surface area contributed by atoms with Crippen LogP contribution in [0.3, 0.4) is 0 Å². The summed E-state index contributed by atoms with van der Waals surface area (Å²) in [6.45, 7) is 4.16. The summed E-state index contributed by atoms with van der Waals surface area (Å²) in [6.07, 6.45) is 0. The zero-order valence-corrected chi connectivity index (χ0v) is 16.5. The molecular weight excluding hydrogens is 370 g/mol. The fourth-order valence-electron chi connectivity index (χ4n) is 2.39. The fourth-order valence-corrected chi connectivity index (χ4v) is 2.39. The molecule has 2 rings (SSSR count). The van der Waals surface area contributed by atoms with E-state index >= 15 is 0 Å². The topological polar surface area (TPSA) is 80.9 Å². The predicted molar refractivity (Wildman–Crippen MR) is 102 cm³/mol. The van der Waals surface area contributed by atoms with Gasteiger partial charge in [0, 0.05) is 19.7 Å². The Balaban J connectivity index is 1.93. The predicted octanol–water partition coefficient (Wildman–Crippen LogP) is 3.66. The van der Waals surface area contributed by atoms with Gasteiger partial charge >= 0.3 is 6.61 Å². The summed E-state index contributed by atoms with van der Waals surface area (Å²) in [7, 11) is 1.65. The normalized spacial score (nSPS) is 11.8. The molecule has 154 valence electrons. The standard InChI is InChI=1S/C19H26F2N4O3/c1-5-26-17-8-13(6-7-16(17)27-18(20)21)10-23-19(22-4)24-11-14-9-15(12(2)3)25-28-14/h6-9,12,18H,5,10-11H2,1-4H3,(H2,22,23,24). The molecule has 7 nitrogen and oxygen atoms in total. The van der Waals surface area contributed by atoms with Gasteiger partial charge in [0.15, 0.2) is 23.2 Å². The highest BCUT2D eigenvalue weighted by Gasteiger charge is 2.12. The zero-order chi connectivity index (χ0) is 20.5. The van der Waals surface area contributed by atoms with E-state index in [-0.39, 0.29) is 11.5 Å². The molecule has 0 radical (unpaired) electrons. The van der Waals surface area contributed by atoms with Gasteiger partial charge in [-0.3, -0.25) is 4.99 Å². The van der Waals surface area contributed by atoms with Crippen LogP contribution in [-0.2, 0) is 13.1 Å². The second-order valence-electron chi connectivity index (χ2n) is 6.24. The number of hydrogen-bond donors (Lipinski definition) is 2. The Bertz CT molecular complexity index is 778. The molecule has 28 heavy (non-hydrogen) atoms. The second kappa shape index (κ2) is 10.5. The number of aromatic nitrogens is 1. The number of alkyl halides is 2. The summed E-state index contributed by atoms with van der Waals surface area (Å²) in [5.41, 5.74) is 1.73. The van der Waals surface area contributed by atoms with Crippen molar-refractivity contribution in [3.63, 3.8) is 0 Å². The molecule has 1 heterocycles. The van der Waals surface area contributed by atoms with Crippen LogP contribution in [0.25, 0.3) is 0 Å². The van der Waals surface area contributed by atoms with E-state index in [1.54, 1.807) is 26.1 Å². The van der Waals surface area contributed by atoms with Crippen LogP contribution in [-0.4, -0.2) is 31.4 Å². The van der Waals surface area contributed by atoms with Crippen LogP contribution in [0.15, 0.2) is 33.8 Å². The summed E-state index contributed by atoms with van der Waals surface area (Å²) in [5, 5.41) is 10.3. The molecule has 0 amide bonds. The molecule has 0 aliphatic carbocycles. The van der Waals surface area contributed by atoms with Crippen molar-refractivity contribution in [3.8, 4) is 11.5 Å². The highest BCUT2D eigenvalue weighted by atomic mass is 19.3. The van der Waals surface area contributed by atoms with Gasteiger partial charge in [-0.05, 0) is 30.5 Å². The second-order valence-corrected chi connectivity index (χ2v) is 6.24. The van der Waals surface area contributed by atoms with Gasteiger partial charge in [0.25, 0.3) is 0 Å². The molecule has 0 atom stereocenters. The third-order valence-corrected chi connectivity index (χ3v) is 3.81. The van der Waals surface area contributed by atoms with Crippen LogP contribution in [0.2, 0.25) is 0 Å². The van der Waals surface area contributed by atoms with Crippen LogP contribution in [0.5, 0.6) is 11.5 Å². The molecule has 2 aromatic rings. The minimum Gasteiger partial charge on any atom is -0.490 e. The molecule has 0 unspecified atom stereocenters. The Labute approximate surface area is 163 Å². The van der Waals surface area contributed by atoms with Crippen LogP contribution in [0.1, 0.15) is 43.7 Å². The van der Waals surface area contributed by atoms with Crippen molar-refractivity contribution in [3.05, 3.63) is 41.3 Å². The van der Waals surface area contributed by atoms with Gasteiger partial charge in [0.05, 0.1) is 18.8 Å². The molecule has 0 saturated carbocycles. The van der Waals surface area contributed by atoms with Gasteiger partial charge in [-0.15, -0.1) is 0 Å². The number of hydrogen-bond acceptors (Lipinski definition) is 5. The van der Waals surface area contributed by atoms with E-state index in [2.05, 4.69) is 25.5 Å². The van der Waals surface area contributed by atoms with Gasteiger partial charge in [-0.2, -0.15) is 8.78 Å². The molecule has 0 bridgehead atoms. The van der Waals surface area contributed by atoms with E-state index in [1.807, 2.05) is 19.9 Å². The van der Waals surface area contributed by atoms with Crippen LogP contribution >= 0.6 is 0 Å². The Morgan fingerprint density at radius 2 is 1.93 bits per heavy atom. The number of ether oxygens (including phenoxy) is 2. The van der Waals surface area contributed by atoms with Crippen molar-refractivity contribution in [2.75, 3.05) is 13.7 Å². The zero-order valence-electron chi connectivity index (χ0n) is 16.5. The van der Waals surface area contributed by atoms with Crippen LogP contribution < -0.4 is 20.1 Å². The Morgan fingerprint density at radius 3 is 2.54 bits per heavy atom. The van der Waals surface area contributed by atoms with E-state index in [0.29, 0.717) is 37.3 Å². The Hall–Kier alpha value is -2.84. The van der Waals surface area contributed by atoms with Crippen LogP contribution in [0, 0.1) is 0 Å². The molecule has 0 spiro atoms. The van der Waals surface area contributed by atoms with Crippen molar-refractivity contribution in [2.24, 2.45) is 4.99 Å². The maximum atomic E-state index is 12.5. The first-order valence-corrected chi connectivity index (χ1v) is 9.03. The van der Waals surface area contributed by atoms with E-state index < -0.39 is 6.61 Å². The molecule has 2 N–H and O–H groups in total. The van der Waals surface area contributed by atoms with E-state index in [9.17, 15) is 8.78 Å². The van der Waals surface area contributed by atoms with E-state index in [4.69, 9.17) is 9.26 Å². The lowest BCUT2D eigenvalue weighted by Gasteiger charge is -2.14. The number of aliphatic imine (C=N–C) groups is 1. The largest absolute Gasteiger partial charge is 0.490 e. The van der Waals surface area contributed by atoms with Gasteiger partial charge in [-0.1, -0.05) is 25.1 Å². The molecule has 0 saturated heterocycles. The van der Waals surface area contributed by atoms with Crippen molar-refractivity contribution in [2.45, 2.75) is 46.4 Å². The number of halogens is 2. The Kier molecular flexibility index (Phi) is 8.03. The van der Waals surface area contributed by atoms with Crippen molar-refractivity contribution in [1.82, 2.24) is 15.8 Å². The summed E-state index contributed by atoms with van der Waals surface area (Å²) in [4.78, 5) is 4.15. The highest BCUT2D eigenvalue weighted by Crippen LogP contribution is 2.29. The SMILES string of the molecule is CCOc1cc(CNC(=NC)NCc2cc(C(C)C)no2)ccc1OC(F)F. The number of nitrogens with one attached hydrogen (secondary N) is 2. The third kappa shape index (κ3) is 6.40. The van der Waals surface area contributed by atoms with Gasteiger partial charge in [0.2, 0.25) is 0 Å². The highest BCUT2D eigenvalue weighted by molar-refractivity contribution is 5.79. The summed E-state index contributed by atoms with van der Waals surface area (Å²) < 4.78 is 40.1. The quantitative estimate of drug-likeness (QED) is 0.497. The third-order valence-electron chi connectivity index (χ3n) is 3.81. The lowest BCUT2D eigenvalue weighted by atomic mass is 10.1. The molecular formula is C19H26F2N4O3. The molecule has 0 aliphatic heterocycles. The number of nitrogens with zero attached hydrogens (tertiary/aromatic N) is 2. The average Bonchev–Trinajstić information content (AvgIpc) is 3.13. The summed E-state index contributed by atoms with van der Waals surface area (Å²) in [6, 6.07) is 6.71. The van der Waals surface area contributed by atoms with Gasteiger partial charge < -0.3 is 24.6 Å². The molecule has 1 aromatic heterocycles. The van der Waals surface area contributed by atoms with Gasteiger partial charge in [0.1, 0.15) is 0 Å². The number of guanidine groups is 1. The minimum atomic E-state index is -2.90. The fraction of sp³-hybridized carbons (Fsp3) is 0.474. The molecule has 1 aromatic carbocycles. The first kappa shape index (κ1) is 21.5.